The third kappa shape index (κ3) is 4.03. The van der Waals surface area contributed by atoms with Gasteiger partial charge < -0.3 is 0 Å². The number of rotatable bonds is 5. The van der Waals surface area contributed by atoms with Crippen molar-refractivity contribution in [3.63, 3.8) is 0 Å². The van der Waals surface area contributed by atoms with Crippen molar-refractivity contribution in [3.8, 4) is 0 Å². The minimum atomic E-state index is -0.144. The van der Waals surface area contributed by atoms with Crippen molar-refractivity contribution in [2.24, 2.45) is 5.10 Å². The Morgan fingerprint density at radius 1 is 1.21 bits per heavy atom. The molecule has 1 amide bonds. The lowest BCUT2D eigenvalue weighted by molar-refractivity contribution is 0.0958. The molecule has 2 rings (SSSR count). The number of amides is 1. The van der Waals surface area contributed by atoms with E-state index in [-0.39, 0.29) is 5.91 Å². The molecule has 4 heteroatoms. The summed E-state index contributed by atoms with van der Waals surface area (Å²) < 4.78 is 0. The van der Waals surface area contributed by atoms with E-state index in [1.165, 1.54) is 16.9 Å². The largest absolute Gasteiger partial charge is 0.281 e. The Kier molecular flexibility index (Phi) is 4.86. The van der Waals surface area contributed by atoms with Gasteiger partial charge in [0.15, 0.2) is 0 Å². The van der Waals surface area contributed by atoms with Gasteiger partial charge in [-0.05, 0) is 23.4 Å². The molecule has 19 heavy (non-hydrogen) atoms. The van der Waals surface area contributed by atoms with Gasteiger partial charge in [0.2, 0.25) is 0 Å². The maximum absolute atomic E-state index is 11.8. The summed E-state index contributed by atoms with van der Waals surface area (Å²) in [5.41, 5.74) is 4.79. The van der Waals surface area contributed by atoms with E-state index in [0.717, 1.165) is 18.6 Å². The maximum atomic E-state index is 11.8. The molecule has 0 spiro atoms. The van der Waals surface area contributed by atoms with Gasteiger partial charge >= 0.3 is 0 Å². The van der Waals surface area contributed by atoms with Crippen molar-refractivity contribution < 1.29 is 4.79 Å². The summed E-state index contributed by atoms with van der Waals surface area (Å²) in [7, 11) is 0. The molecule has 0 aliphatic carbocycles. The van der Waals surface area contributed by atoms with Gasteiger partial charge in [-0.15, -0.1) is 11.3 Å². The summed E-state index contributed by atoms with van der Waals surface area (Å²) in [6, 6.07) is 13.8. The molecule has 0 saturated carbocycles. The SMILES string of the molecule is CC/C(Cc1ccccc1)=N\NC(=O)c1cccs1. The Bertz CT molecular complexity index is 547. The van der Waals surface area contributed by atoms with Crippen LogP contribution in [0.3, 0.4) is 0 Å². The first-order chi connectivity index (χ1) is 9.29. The predicted octanol–water partition coefficient (Wildman–Crippen LogP) is 3.49. The number of carbonyl (C=O) groups excluding carboxylic acids is 1. The number of hydrogen-bond donors (Lipinski definition) is 1. The van der Waals surface area contributed by atoms with Crippen LogP contribution in [-0.4, -0.2) is 11.6 Å². The molecule has 0 aliphatic heterocycles. The van der Waals surface area contributed by atoms with Crippen LogP contribution in [0.25, 0.3) is 0 Å². The molecule has 1 N–H and O–H groups in total. The van der Waals surface area contributed by atoms with E-state index in [2.05, 4.69) is 22.7 Å². The lowest BCUT2D eigenvalue weighted by Crippen LogP contribution is -2.19. The zero-order chi connectivity index (χ0) is 13.5. The van der Waals surface area contributed by atoms with Crippen LogP contribution in [-0.2, 0) is 6.42 Å². The van der Waals surface area contributed by atoms with Crippen molar-refractivity contribution in [2.75, 3.05) is 0 Å². The van der Waals surface area contributed by atoms with E-state index in [4.69, 9.17) is 0 Å². The highest BCUT2D eigenvalue weighted by molar-refractivity contribution is 7.12. The van der Waals surface area contributed by atoms with Crippen LogP contribution in [0.2, 0.25) is 0 Å². The van der Waals surface area contributed by atoms with E-state index in [9.17, 15) is 4.79 Å². The molecule has 3 nitrogen and oxygen atoms in total. The second-order valence-electron chi connectivity index (χ2n) is 4.11. The fourth-order valence-electron chi connectivity index (χ4n) is 1.67. The summed E-state index contributed by atoms with van der Waals surface area (Å²) in [6.07, 6.45) is 1.58. The zero-order valence-electron chi connectivity index (χ0n) is 10.8. The van der Waals surface area contributed by atoms with Gasteiger partial charge in [-0.25, -0.2) is 5.43 Å². The minimum Gasteiger partial charge on any atom is -0.266 e. The highest BCUT2D eigenvalue weighted by Crippen LogP contribution is 2.08. The molecule has 0 fully saturated rings. The zero-order valence-corrected chi connectivity index (χ0v) is 11.6. The second-order valence-corrected chi connectivity index (χ2v) is 5.06. The molecule has 0 atom stereocenters. The molecule has 1 heterocycles. The molecular formula is C15H16N2OS. The Labute approximate surface area is 117 Å². The highest BCUT2D eigenvalue weighted by Gasteiger charge is 2.05. The van der Waals surface area contributed by atoms with Gasteiger partial charge in [-0.3, -0.25) is 4.79 Å². The summed E-state index contributed by atoms with van der Waals surface area (Å²) in [5, 5.41) is 6.10. The molecular weight excluding hydrogens is 256 g/mol. The van der Waals surface area contributed by atoms with Gasteiger partial charge in [0, 0.05) is 12.1 Å². The number of hydrogen-bond acceptors (Lipinski definition) is 3. The van der Waals surface area contributed by atoms with Crippen LogP contribution in [0.4, 0.5) is 0 Å². The monoisotopic (exact) mass is 272 g/mol. The summed E-state index contributed by atoms with van der Waals surface area (Å²) in [4.78, 5) is 12.5. The van der Waals surface area contributed by atoms with Crippen LogP contribution in [0.5, 0.6) is 0 Å². The first-order valence-electron chi connectivity index (χ1n) is 6.22. The van der Waals surface area contributed by atoms with Crippen molar-refractivity contribution in [3.05, 3.63) is 58.3 Å². The van der Waals surface area contributed by atoms with Crippen molar-refractivity contribution in [2.45, 2.75) is 19.8 Å². The van der Waals surface area contributed by atoms with Gasteiger partial charge in [0.25, 0.3) is 5.91 Å². The molecule has 0 unspecified atom stereocenters. The Morgan fingerprint density at radius 2 is 2.00 bits per heavy atom. The average molecular weight is 272 g/mol. The smallest absolute Gasteiger partial charge is 0.266 e. The Hall–Kier alpha value is -1.94. The summed E-state index contributed by atoms with van der Waals surface area (Å²) in [6.45, 7) is 2.04. The van der Waals surface area contributed by atoms with E-state index in [1.54, 1.807) is 6.07 Å². The number of nitrogens with one attached hydrogen (secondary N) is 1. The number of hydrazone groups is 1. The molecule has 1 aromatic heterocycles. The predicted molar refractivity (Wildman–Crippen MR) is 79.7 cm³/mol. The third-order valence-electron chi connectivity index (χ3n) is 2.72. The number of nitrogens with zero attached hydrogens (tertiary/aromatic N) is 1. The summed E-state index contributed by atoms with van der Waals surface area (Å²) >= 11 is 1.41. The van der Waals surface area contributed by atoms with E-state index < -0.39 is 0 Å². The molecule has 1 aromatic carbocycles. The van der Waals surface area contributed by atoms with Crippen LogP contribution in [0.1, 0.15) is 28.6 Å². The van der Waals surface area contributed by atoms with Gasteiger partial charge in [0.05, 0.1) is 4.88 Å². The first-order valence-corrected chi connectivity index (χ1v) is 7.10. The fourth-order valence-corrected chi connectivity index (χ4v) is 2.28. The fraction of sp³-hybridized carbons (Fsp3) is 0.200. The van der Waals surface area contributed by atoms with Crippen molar-refractivity contribution in [1.29, 1.82) is 0 Å². The lowest BCUT2D eigenvalue weighted by atomic mass is 10.1. The standard InChI is InChI=1S/C15H16N2OS/c1-2-13(11-12-7-4-3-5-8-12)16-17-15(18)14-9-6-10-19-14/h3-10H,2,11H2,1H3,(H,17,18)/b16-13+. The molecule has 2 aromatic rings. The number of thiophene rings is 1. The Morgan fingerprint density at radius 3 is 2.63 bits per heavy atom. The molecule has 0 bridgehead atoms. The van der Waals surface area contributed by atoms with Crippen molar-refractivity contribution in [1.82, 2.24) is 5.43 Å². The quantitative estimate of drug-likeness (QED) is 0.657. The van der Waals surface area contributed by atoms with Gasteiger partial charge in [-0.1, -0.05) is 43.3 Å². The van der Waals surface area contributed by atoms with Gasteiger partial charge in [0.1, 0.15) is 0 Å². The molecule has 0 saturated heterocycles. The lowest BCUT2D eigenvalue weighted by Gasteiger charge is -2.04. The maximum Gasteiger partial charge on any atom is 0.281 e. The molecule has 0 aliphatic rings. The highest BCUT2D eigenvalue weighted by atomic mass is 32.1. The van der Waals surface area contributed by atoms with Crippen LogP contribution in [0, 0.1) is 0 Å². The average Bonchev–Trinajstić information content (AvgIpc) is 2.98. The first kappa shape index (κ1) is 13.5. The van der Waals surface area contributed by atoms with Crippen molar-refractivity contribution >= 4 is 23.0 Å². The normalized spacial score (nSPS) is 11.3. The van der Waals surface area contributed by atoms with Crippen LogP contribution in [0.15, 0.2) is 52.9 Å². The minimum absolute atomic E-state index is 0.144. The van der Waals surface area contributed by atoms with Crippen LogP contribution < -0.4 is 5.43 Å². The van der Waals surface area contributed by atoms with Crippen LogP contribution >= 0.6 is 11.3 Å². The third-order valence-corrected chi connectivity index (χ3v) is 3.59. The topological polar surface area (TPSA) is 41.5 Å². The van der Waals surface area contributed by atoms with E-state index in [1.807, 2.05) is 36.6 Å². The molecule has 0 radical (unpaired) electrons. The second kappa shape index (κ2) is 6.85. The number of benzene rings is 1. The number of carbonyl (C=O) groups is 1. The van der Waals surface area contributed by atoms with E-state index >= 15 is 0 Å². The van der Waals surface area contributed by atoms with E-state index in [0.29, 0.717) is 4.88 Å². The molecule has 98 valence electrons. The summed E-state index contributed by atoms with van der Waals surface area (Å²) in [5.74, 6) is -0.144. The Balaban J connectivity index is 1.98. The van der Waals surface area contributed by atoms with Gasteiger partial charge in [-0.2, -0.15) is 5.10 Å².